The third-order valence-corrected chi connectivity index (χ3v) is 3.46. The number of thioether (sulfide) groups is 1. The minimum Gasteiger partial charge on any atom is -0.454 e. The van der Waals surface area contributed by atoms with Crippen LogP contribution in [0.15, 0.2) is 23.1 Å². The van der Waals surface area contributed by atoms with E-state index in [0.29, 0.717) is 20.0 Å². The maximum Gasteiger partial charge on any atom is 0.231 e. The fourth-order valence-electron chi connectivity index (χ4n) is 1.65. The van der Waals surface area contributed by atoms with E-state index >= 15 is 0 Å². The van der Waals surface area contributed by atoms with Gasteiger partial charge < -0.3 is 18.9 Å². The van der Waals surface area contributed by atoms with Crippen molar-refractivity contribution in [1.82, 2.24) is 0 Å². The zero-order valence-corrected chi connectivity index (χ0v) is 11.5. The first kappa shape index (κ1) is 13.5. The van der Waals surface area contributed by atoms with Crippen LogP contribution in [0.2, 0.25) is 0 Å². The Kier molecular flexibility index (Phi) is 5.16. The van der Waals surface area contributed by atoms with Crippen molar-refractivity contribution in [2.75, 3.05) is 25.8 Å². The fraction of sp³-hybridized carbons (Fsp3) is 0.538. The Morgan fingerprint density at radius 3 is 2.61 bits per heavy atom. The van der Waals surface area contributed by atoms with E-state index in [0.717, 1.165) is 22.1 Å². The summed E-state index contributed by atoms with van der Waals surface area (Å²) in [5.41, 5.74) is 0. The van der Waals surface area contributed by atoms with Crippen LogP contribution in [0.25, 0.3) is 0 Å². The lowest BCUT2D eigenvalue weighted by Crippen LogP contribution is -2.19. The summed E-state index contributed by atoms with van der Waals surface area (Å²) in [7, 11) is 0. The Hall–Kier alpha value is -0.910. The summed E-state index contributed by atoms with van der Waals surface area (Å²) >= 11 is 1.69. The first-order valence-corrected chi connectivity index (χ1v) is 7.07. The minimum absolute atomic E-state index is 0.157. The zero-order chi connectivity index (χ0) is 12.8. The van der Waals surface area contributed by atoms with E-state index in [1.807, 2.05) is 32.0 Å². The van der Waals surface area contributed by atoms with Gasteiger partial charge in [-0.1, -0.05) is 0 Å². The molecule has 0 unspecified atom stereocenters. The molecule has 1 aromatic carbocycles. The maximum atomic E-state index is 5.50. The highest BCUT2D eigenvalue weighted by Gasteiger charge is 2.14. The molecule has 100 valence electrons. The van der Waals surface area contributed by atoms with Gasteiger partial charge in [0.1, 0.15) is 0 Å². The maximum absolute atomic E-state index is 5.50. The van der Waals surface area contributed by atoms with Gasteiger partial charge in [-0.25, -0.2) is 0 Å². The summed E-state index contributed by atoms with van der Waals surface area (Å²) < 4.78 is 21.6. The highest BCUT2D eigenvalue weighted by Crippen LogP contribution is 2.35. The van der Waals surface area contributed by atoms with Crippen molar-refractivity contribution in [2.45, 2.75) is 25.0 Å². The van der Waals surface area contributed by atoms with E-state index in [1.165, 1.54) is 0 Å². The molecule has 0 amide bonds. The number of hydrogen-bond donors (Lipinski definition) is 0. The monoisotopic (exact) mass is 270 g/mol. The molecule has 2 rings (SSSR count). The number of fused-ring (bicyclic) bond motifs is 1. The molecule has 1 aliphatic rings. The highest BCUT2D eigenvalue weighted by molar-refractivity contribution is 7.99. The van der Waals surface area contributed by atoms with Crippen molar-refractivity contribution in [3.05, 3.63) is 18.2 Å². The minimum atomic E-state index is -0.157. The van der Waals surface area contributed by atoms with E-state index in [2.05, 4.69) is 0 Å². The summed E-state index contributed by atoms with van der Waals surface area (Å²) in [6.45, 7) is 5.57. The molecule has 1 aliphatic heterocycles. The number of ether oxygens (including phenoxy) is 4. The van der Waals surface area contributed by atoms with Gasteiger partial charge >= 0.3 is 0 Å². The molecule has 0 saturated heterocycles. The Balaban J connectivity index is 1.88. The van der Waals surface area contributed by atoms with Gasteiger partial charge in [0.25, 0.3) is 0 Å². The molecule has 0 saturated carbocycles. The van der Waals surface area contributed by atoms with Crippen LogP contribution in [0.4, 0.5) is 0 Å². The molecule has 0 radical (unpaired) electrons. The van der Waals surface area contributed by atoms with Gasteiger partial charge in [0, 0.05) is 23.9 Å². The molecule has 0 aliphatic carbocycles. The van der Waals surface area contributed by atoms with Crippen LogP contribution in [-0.2, 0) is 9.47 Å². The topological polar surface area (TPSA) is 36.9 Å². The average Bonchev–Trinajstić information content (AvgIpc) is 2.84. The molecule has 0 spiro atoms. The molecule has 0 atom stereocenters. The molecule has 1 aromatic rings. The van der Waals surface area contributed by atoms with Crippen LogP contribution < -0.4 is 9.47 Å². The van der Waals surface area contributed by atoms with Gasteiger partial charge in [0.15, 0.2) is 17.8 Å². The molecule has 18 heavy (non-hydrogen) atoms. The van der Waals surface area contributed by atoms with Crippen molar-refractivity contribution >= 4 is 11.8 Å². The predicted octanol–water partition coefficient (Wildman–Crippen LogP) is 2.91. The molecule has 4 nitrogen and oxygen atoms in total. The van der Waals surface area contributed by atoms with E-state index in [1.54, 1.807) is 11.8 Å². The van der Waals surface area contributed by atoms with E-state index in [4.69, 9.17) is 18.9 Å². The molecule has 5 heteroatoms. The first-order valence-electron chi connectivity index (χ1n) is 6.09. The highest BCUT2D eigenvalue weighted by atomic mass is 32.2. The summed E-state index contributed by atoms with van der Waals surface area (Å²) in [4.78, 5) is 1.13. The quantitative estimate of drug-likeness (QED) is 0.562. The van der Waals surface area contributed by atoms with Crippen molar-refractivity contribution in [1.29, 1.82) is 0 Å². The summed E-state index contributed by atoms with van der Waals surface area (Å²) in [5, 5.41) is 0. The molecule has 0 N–H and O–H groups in total. The zero-order valence-electron chi connectivity index (χ0n) is 10.7. The van der Waals surface area contributed by atoms with Gasteiger partial charge in [0.2, 0.25) is 6.79 Å². The molecule has 0 bridgehead atoms. The van der Waals surface area contributed by atoms with Crippen LogP contribution in [0.5, 0.6) is 11.5 Å². The normalized spacial score (nSPS) is 13.3. The summed E-state index contributed by atoms with van der Waals surface area (Å²) in [5.74, 6) is 2.39. The number of rotatable bonds is 7. The molecule has 0 fully saturated rings. The molecular formula is C13H18O4S. The van der Waals surface area contributed by atoms with Crippen molar-refractivity contribution in [3.63, 3.8) is 0 Å². The Morgan fingerprint density at radius 1 is 1.17 bits per heavy atom. The van der Waals surface area contributed by atoms with E-state index in [9.17, 15) is 0 Å². The second-order valence-electron chi connectivity index (χ2n) is 3.67. The molecule has 1 heterocycles. The van der Waals surface area contributed by atoms with E-state index < -0.39 is 0 Å². The van der Waals surface area contributed by atoms with Crippen LogP contribution >= 0.6 is 11.8 Å². The fourth-order valence-corrected chi connectivity index (χ4v) is 2.52. The smallest absolute Gasteiger partial charge is 0.231 e. The Labute approximate surface area is 112 Å². The second kappa shape index (κ2) is 6.87. The SMILES string of the molecule is CCOC(CSc1ccc2c(c1)OCO2)OCC. The van der Waals surface area contributed by atoms with Crippen LogP contribution in [0.1, 0.15) is 13.8 Å². The Morgan fingerprint density at radius 2 is 1.89 bits per heavy atom. The van der Waals surface area contributed by atoms with Gasteiger partial charge in [-0.15, -0.1) is 11.8 Å². The van der Waals surface area contributed by atoms with Gasteiger partial charge in [-0.3, -0.25) is 0 Å². The summed E-state index contributed by atoms with van der Waals surface area (Å²) in [6.07, 6.45) is -0.157. The molecular weight excluding hydrogens is 252 g/mol. The standard InChI is InChI=1S/C13H18O4S/c1-3-14-13(15-4-2)8-18-10-5-6-11-12(7-10)17-9-16-11/h5-7,13H,3-4,8-9H2,1-2H3. The van der Waals surface area contributed by atoms with Crippen molar-refractivity contribution in [3.8, 4) is 11.5 Å². The van der Waals surface area contributed by atoms with Gasteiger partial charge in [-0.05, 0) is 32.0 Å². The largest absolute Gasteiger partial charge is 0.454 e. The van der Waals surface area contributed by atoms with Crippen molar-refractivity contribution in [2.24, 2.45) is 0 Å². The van der Waals surface area contributed by atoms with E-state index in [-0.39, 0.29) is 6.29 Å². The summed E-state index contributed by atoms with van der Waals surface area (Å²) in [6, 6.07) is 5.94. The lowest BCUT2D eigenvalue weighted by atomic mass is 10.3. The lowest BCUT2D eigenvalue weighted by molar-refractivity contribution is -0.120. The third kappa shape index (κ3) is 3.54. The first-order chi connectivity index (χ1) is 8.83. The van der Waals surface area contributed by atoms with Crippen LogP contribution in [0.3, 0.4) is 0 Å². The third-order valence-electron chi connectivity index (χ3n) is 2.44. The predicted molar refractivity (Wildman–Crippen MR) is 70.3 cm³/mol. The molecule has 0 aromatic heterocycles. The van der Waals surface area contributed by atoms with Crippen molar-refractivity contribution < 1.29 is 18.9 Å². The lowest BCUT2D eigenvalue weighted by Gasteiger charge is -2.16. The van der Waals surface area contributed by atoms with Gasteiger partial charge in [0.05, 0.1) is 0 Å². The Bertz CT molecular complexity index is 377. The van der Waals surface area contributed by atoms with Crippen LogP contribution in [0, 0.1) is 0 Å². The van der Waals surface area contributed by atoms with Crippen LogP contribution in [-0.4, -0.2) is 32.0 Å². The average molecular weight is 270 g/mol. The number of hydrogen-bond acceptors (Lipinski definition) is 5. The number of benzene rings is 1. The second-order valence-corrected chi connectivity index (χ2v) is 4.76. The van der Waals surface area contributed by atoms with Gasteiger partial charge in [-0.2, -0.15) is 0 Å².